The standard InChI is InChI=1S/C4H9NO5Si/c1-7-5(8-2)4(6)10-11-9-3/h1-3H3. The van der Waals surface area contributed by atoms with Crippen LogP contribution in [0.4, 0.5) is 4.79 Å². The average molecular weight is 179 g/mol. The molecular weight excluding hydrogens is 170 g/mol. The Hall–Kier alpha value is -0.633. The molecule has 0 fully saturated rings. The van der Waals surface area contributed by atoms with Crippen molar-refractivity contribution in [3.8, 4) is 0 Å². The number of rotatable bonds is 4. The van der Waals surface area contributed by atoms with Gasteiger partial charge in [-0.05, 0) is 0 Å². The predicted octanol–water partition coefficient (Wildman–Crippen LogP) is -0.272. The van der Waals surface area contributed by atoms with Gasteiger partial charge in [0.25, 0.3) is 0 Å². The van der Waals surface area contributed by atoms with Gasteiger partial charge in [0.2, 0.25) is 0 Å². The summed E-state index contributed by atoms with van der Waals surface area (Å²) < 4.78 is 8.98. The number of hydrogen-bond donors (Lipinski definition) is 0. The summed E-state index contributed by atoms with van der Waals surface area (Å²) in [6, 6.07) is 0. The minimum absolute atomic E-state index is 0.357. The Labute approximate surface area is 66.9 Å². The lowest BCUT2D eigenvalue weighted by Gasteiger charge is -2.14. The fourth-order valence-electron chi connectivity index (χ4n) is 0.338. The van der Waals surface area contributed by atoms with E-state index in [1.807, 2.05) is 0 Å². The van der Waals surface area contributed by atoms with E-state index in [0.717, 1.165) is 0 Å². The number of amides is 1. The molecule has 0 heterocycles. The van der Waals surface area contributed by atoms with Crippen LogP contribution < -0.4 is 0 Å². The van der Waals surface area contributed by atoms with Gasteiger partial charge in [-0.25, -0.2) is 14.5 Å². The summed E-state index contributed by atoms with van der Waals surface area (Å²) in [7, 11) is 3.61. The van der Waals surface area contributed by atoms with Crippen LogP contribution in [0.25, 0.3) is 0 Å². The van der Waals surface area contributed by atoms with Crippen LogP contribution in [-0.2, 0) is 18.5 Å². The molecule has 0 aliphatic heterocycles. The SMILES string of the molecule is CO[Si]OC(=O)N(OC)OC. The van der Waals surface area contributed by atoms with E-state index in [9.17, 15) is 4.79 Å². The lowest BCUT2D eigenvalue weighted by molar-refractivity contribution is -0.305. The van der Waals surface area contributed by atoms with E-state index in [1.165, 1.54) is 21.3 Å². The predicted molar refractivity (Wildman–Crippen MR) is 35.1 cm³/mol. The Morgan fingerprint density at radius 3 is 2.18 bits per heavy atom. The lowest BCUT2D eigenvalue weighted by Crippen LogP contribution is -2.30. The largest absolute Gasteiger partial charge is 0.524 e. The van der Waals surface area contributed by atoms with Gasteiger partial charge in [0.15, 0.2) is 0 Å². The Balaban J connectivity index is 3.61. The second-order valence-electron chi connectivity index (χ2n) is 1.28. The molecule has 0 aliphatic carbocycles. The zero-order valence-electron chi connectivity index (χ0n) is 6.49. The zero-order chi connectivity index (χ0) is 8.69. The highest BCUT2D eigenvalue weighted by Crippen LogP contribution is 1.92. The quantitative estimate of drug-likeness (QED) is 0.439. The van der Waals surface area contributed by atoms with Crippen molar-refractivity contribution in [2.75, 3.05) is 21.3 Å². The molecule has 0 aromatic carbocycles. The first-order chi connectivity index (χ1) is 5.26. The van der Waals surface area contributed by atoms with Crippen LogP contribution in [0.15, 0.2) is 0 Å². The summed E-state index contributed by atoms with van der Waals surface area (Å²) >= 11 is 0. The smallest absolute Gasteiger partial charge is 0.471 e. The summed E-state index contributed by atoms with van der Waals surface area (Å²) in [6.07, 6.45) is -0.754. The molecule has 11 heavy (non-hydrogen) atoms. The molecule has 0 atom stereocenters. The molecule has 7 heteroatoms. The van der Waals surface area contributed by atoms with E-state index in [2.05, 4.69) is 18.5 Å². The maximum absolute atomic E-state index is 10.7. The van der Waals surface area contributed by atoms with Crippen molar-refractivity contribution in [1.82, 2.24) is 5.23 Å². The van der Waals surface area contributed by atoms with Gasteiger partial charge < -0.3 is 8.85 Å². The molecule has 0 bridgehead atoms. The molecule has 0 aromatic rings. The third-order valence-corrected chi connectivity index (χ3v) is 1.12. The molecule has 0 unspecified atom stereocenters. The van der Waals surface area contributed by atoms with E-state index in [0.29, 0.717) is 5.23 Å². The van der Waals surface area contributed by atoms with E-state index in [4.69, 9.17) is 0 Å². The van der Waals surface area contributed by atoms with Crippen LogP contribution in [0, 0.1) is 0 Å². The molecule has 0 aliphatic rings. The summed E-state index contributed by atoms with van der Waals surface area (Å²) in [6.45, 7) is 0. The second kappa shape index (κ2) is 6.10. The highest BCUT2D eigenvalue weighted by atomic mass is 28.3. The first kappa shape index (κ1) is 10.4. The highest BCUT2D eigenvalue weighted by Gasteiger charge is 2.14. The first-order valence-electron chi connectivity index (χ1n) is 2.63. The molecule has 0 aromatic heterocycles. The molecule has 0 rings (SSSR count). The maximum Gasteiger partial charge on any atom is 0.524 e. The molecule has 1 amide bonds. The van der Waals surface area contributed by atoms with Gasteiger partial charge in [0.05, 0.1) is 14.2 Å². The third-order valence-electron chi connectivity index (χ3n) is 0.693. The van der Waals surface area contributed by atoms with Crippen molar-refractivity contribution in [2.24, 2.45) is 0 Å². The average Bonchev–Trinajstić information content (AvgIpc) is 2.03. The van der Waals surface area contributed by atoms with Gasteiger partial charge in [0, 0.05) is 7.11 Å². The van der Waals surface area contributed by atoms with Gasteiger partial charge >= 0.3 is 16.1 Å². The number of hydroxylamine groups is 2. The molecule has 0 saturated carbocycles. The number of carbonyl (C=O) groups excluding carboxylic acids is 1. The molecular formula is C4H9NO5Si. The van der Waals surface area contributed by atoms with Gasteiger partial charge in [0.1, 0.15) is 0 Å². The van der Waals surface area contributed by atoms with Crippen molar-refractivity contribution < 1.29 is 23.3 Å². The Bertz CT molecular complexity index is 117. The lowest BCUT2D eigenvalue weighted by atomic mass is 11.2. The minimum atomic E-state index is -0.754. The van der Waals surface area contributed by atoms with Gasteiger partial charge in [-0.1, -0.05) is 5.23 Å². The van der Waals surface area contributed by atoms with Crippen molar-refractivity contribution in [2.45, 2.75) is 0 Å². The topological polar surface area (TPSA) is 57.2 Å². The van der Waals surface area contributed by atoms with Crippen molar-refractivity contribution in [3.05, 3.63) is 0 Å². The fourth-order valence-corrected chi connectivity index (χ4v) is 0.567. The molecule has 6 nitrogen and oxygen atoms in total. The molecule has 0 N–H and O–H groups in total. The van der Waals surface area contributed by atoms with Crippen LogP contribution in [-0.4, -0.2) is 42.7 Å². The molecule has 2 radical (unpaired) electrons. The van der Waals surface area contributed by atoms with Gasteiger partial charge in [-0.3, -0.25) is 0 Å². The minimum Gasteiger partial charge on any atom is -0.471 e. The summed E-state index contributed by atoms with van der Waals surface area (Å²) in [4.78, 5) is 19.6. The maximum atomic E-state index is 10.7. The zero-order valence-corrected chi connectivity index (χ0v) is 7.49. The fraction of sp³-hybridized carbons (Fsp3) is 0.750. The molecule has 0 spiro atoms. The monoisotopic (exact) mass is 179 g/mol. The van der Waals surface area contributed by atoms with E-state index in [-0.39, 0.29) is 10.0 Å². The van der Waals surface area contributed by atoms with Crippen LogP contribution in [0.2, 0.25) is 0 Å². The van der Waals surface area contributed by atoms with E-state index < -0.39 is 6.09 Å². The number of nitrogens with zero attached hydrogens (tertiary/aromatic N) is 1. The van der Waals surface area contributed by atoms with Gasteiger partial charge in [-0.2, -0.15) is 0 Å². The van der Waals surface area contributed by atoms with E-state index in [1.54, 1.807) is 0 Å². The third kappa shape index (κ3) is 3.93. The normalized spacial score (nSPS) is 9.36. The Kier molecular flexibility index (Phi) is 5.75. The second-order valence-corrected chi connectivity index (χ2v) is 2.06. The highest BCUT2D eigenvalue weighted by molar-refractivity contribution is 6.21. The van der Waals surface area contributed by atoms with Crippen LogP contribution in [0.5, 0.6) is 0 Å². The van der Waals surface area contributed by atoms with Crippen molar-refractivity contribution in [3.63, 3.8) is 0 Å². The Morgan fingerprint density at radius 2 is 1.82 bits per heavy atom. The first-order valence-corrected chi connectivity index (χ1v) is 3.45. The van der Waals surface area contributed by atoms with Crippen LogP contribution in [0.1, 0.15) is 0 Å². The van der Waals surface area contributed by atoms with Crippen LogP contribution >= 0.6 is 0 Å². The summed E-state index contributed by atoms with van der Waals surface area (Å²) in [5.41, 5.74) is 0. The Morgan fingerprint density at radius 1 is 1.27 bits per heavy atom. The van der Waals surface area contributed by atoms with Gasteiger partial charge in [-0.15, -0.1) is 0 Å². The number of carbonyl (C=O) groups is 1. The summed E-state index contributed by atoms with van der Waals surface area (Å²) in [5.74, 6) is 0. The summed E-state index contributed by atoms with van der Waals surface area (Å²) in [5, 5.41) is 0.589. The number of hydrogen-bond acceptors (Lipinski definition) is 5. The van der Waals surface area contributed by atoms with E-state index >= 15 is 0 Å². The molecule has 0 saturated heterocycles. The van der Waals surface area contributed by atoms with Crippen LogP contribution in [0.3, 0.4) is 0 Å². The van der Waals surface area contributed by atoms with Crippen molar-refractivity contribution >= 4 is 16.1 Å². The van der Waals surface area contributed by atoms with Crippen molar-refractivity contribution in [1.29, 1.82) is 0 Å². The molecule has 64 valence electrons.